The van der Waals surface area contributed by atoms with E-state index in [0.29, 0.717) is 50.5 Å². The summed E-state index contributed by atoms with van der Waals surface area (Å²) < 4.78 is 18.2. The number of carbonyl (C=O) groups is 4. The number of nitrogens with zero attached hydrogens (tertiary/aromatic N) is 1. The lowest BCUT2D eigenvalue weighted by Gasteiger charge is -2.46. The molecule has 14 atom stereocenters. The minimum atomic E-state index is -2.34. The summed E-state index contributed by atoms with van der Waals surface area (Å²) in [4.78, 5) is 57.6. The van der Waals surface area contributed by atoms with Crippen LogP contribution in [0.3, 0.4) is 0 Å². The number of piperidine rings is 1. The number of hydrogen-bond donors (Lipinski definition) is 3. The number of aliphatic hydroxyl groups excluding tert-OH is 2. The van der Waals surface area contributed by atoms with Crippen molar-refractivity contribution in [2.45, 2.75) is 175 Å². The van der Waals surface area contributed by atoms with Gasteiger partial charge in [0.05, 0.1) is 24.4 Å². The molecule has 312 valence electrons. The largest absolute Gasteiger partial charge is 0.456 e. The number of Topliss-reactive ketones (excluding diaryl/α,β-unsaturated/α-hetero) is 2. The maximum atomic E-state index is 14.3. The van der Waals surface area contributed by atoms with Gasteiger partial charge in [-0.15, -0.1) is 0 Å². The first-order chi connectivity index (χ1) is 25.7. The highest BCUT2D eigenvalue weighted by atomic mass is 16.6. The molecule has 11 heteroatoms. The molecule has 0 aromatic rings. The van der Waals surface area contributed by atoms with E-state index in [4.69, 9.17) is 14.2 Å². The fourth-order valence-electron chi connectivity index (χ4n) is 10.1. The lowest BCUT2D eigenvalue weighted by molar-refractivity contribution is -0.282. The van der Waals surface area contributed by atoms with Crippen LogP contribution < -0.4 is 0 Å². The first-order valence-electron chi connectivity index (χ1n) is 21.0. The average molecular weight is 774 g/mol. The fraction of sp³-hybridized carbons (Fsp3) is 0.818. The zero-order chi connectivity index (χ0) is 41.0. The molecule has 4 rings (SSSR count). The molecule has 0 aromatic carbocycles. The first-order valence-corrected chi connectivity index (χ1v) is 21.0. The van der Waals surface area contributed by atoms with Crippen molar-refractivity contribution in [2.24, 2.45) is 40.9 Å². The maximum Gasteiger partial charge on any atom is 0.329 e. The first kappa shape index (κ1) is 45.3. The maximum absolute atomic E-state index is 14.3. The van der Waals surface area contributed by atoms with Crippen LogP contribution >= 0.6 is 0 Å². The van der Waals surface area contributed by atoms with Crippen molar-refractivity contribution >= 4 is 23.4 Å². The topological polar surface area (TPSA) is 160 Å². The SMILES string of the molecule is CC[C@@H]1/C=C(\C)C[C@H](C)C[C@H](C)[C@H]2O[C@@](O)(C(=O)C(=O)N3CCCCC3C(=O)O[C@H](/C(C)=C/[C@@]3(C)CC[C@@H](O)[C@H](OC)C3)[C@H](C)[C@@H](O)CC1=O)[C@H](C)C[C@@H]2C. The molecule has 0 aromatic heterocycles. The van der Waals surface area contributed by atoms with E-state index in [1.165, 1.54) is 4.90 Å². The summed E-state index contributed by atoms with van der Waals surface area (Å²) in [6.45, 7) is 17.8. The van der Waals surface area contributed by atoms with Crippen molar-refractivity contribution in [2.75, 3.05) is 13.7 Å². The van der Waals surface area contributed by atoms with Gasteiger partial charge < -0.3 is 34.4 Å². The third-order valence-corrected chi connectivity index (χ3v) is 13.3. The molecule has 2 saturated heterocycles. The van der Waals surface area contributed by atoms with Crippen molar-refractivity contribution in [1.82, 2.24) is 4.90 Å². The minimum Gasteiger partial charge on any atom is -0.456 e. The summed E-state index contributed by atoms with van der Waals surface area (Å²) in [5.41, 5.74) is 1.33. The van der Waals surface area contributed by atoms with E-state index in [1.54, 1.807) is 21.0 Å². The van der Waals surface area contributed by atoms with Gasteiger partial charge in [-0.25, -0.2) is 4.79 Å². The van der Waals surface area contributed by atoms with Crippen LogP contribution in [0, 0.1) is 40.9 Å². The zero-order valence-corrected chi connectivity index (χ0v) is 35.2. The van der Waals surface area contributed by atoms with Crippen LogP contribution in [-0.2, 0) is 33.4 Å². The highest BCUT2D eigenvalue weighted by Gasteiger charge is 2.55. The second kappa shape index (κ2) is 18.9. The Morgan fingerprint density at radius 3 is 2.33 bits per heavy atom. The van der Waals surface area contributed by atoms with E-state index in [9.17, 15) is 34.5 Å². The van der Waals surface area contributed by atoms with E-state index >= 15 is 0 Å². The van der Waals surface area contributed by atoms with Gasteiger partial charge in [-0.1, -0.05) is 66.2 Å². The van der Waals surface area contributed by atoms with E-state index < -0.39 is 71.2 Å². The molecule has 3 fully saturated rings. The number of ether oxygens (including phenoxy) is 3. The van der Waals surface area contributed by atoms with Crippen molar-refractivity contribution in [3.8, 4) is 0 Å². The number of hydrogen-bond acceptors (Lipinski definition) is 10. The van der Waals surface area contributed by atoms with Gasteiger partial charge in [0.15, 0.2) is 0 Å². The summed E-state index contributed by atoms with van der Waals surface area (Å²) in [7, 11) is 1.58. The molecular weight excluding hydrogens is 702 g/mol. The number of cyclic esters (lactones) is 1. The van der Waals surface area contributed by atoms with Crippen LogP contribution in [0.15, 0.2) is 23.3 Å². The number of rotatable bonds is 4. The monoisotopic (exact) mass is 774 g/mol. The van der Waals surface area contributed by atoms with Gasteiger partial charge in [0, 0.05) is 37.8 Å². The molecule has 0 spiro atoms. The van der Waals surface area contributed by atoms with Gasteiger partial charge in [-0.2, -0.15) is 0 Å². The van der Waals surface area contributed by atoms with E-state index in [2.05, 4.69) is 13.8 Å². The Morgan fingerprint density at radius 2 is 1.67 bits per heavy atom. The van der Waals surface area contributed by atoms with Crippen LogP contribution in [0.1, 0.15) is 133 Å². The van der Waals surface area contributed by atoms with Gasteiger partial charge in [0.2, 0.25) is 5.79 Å². The number of aliphatic hydroxyl groups is 3. The van der Waals surface area contributed by atoms with Crippen LogP contribution in [0.2, 0.25) is 0 Å². The normalized spacial score (nSPS) is 43.5. The minimum absolute atomic E-state index is 0.0291. The van der Waals surface area contributed by atoms with E-state index in [1.807, 2.05) is 46.8 Å². The number of fused-ring (bicyclic) bond motifs is 3. The molecule has 11 nitrogen and oxygen atoms in total. The number of esters is 1. The Labute approximate surface area is 329 Å². The van der Waals surface area contributed by atoms with Gasteiger partial charge >= 0.3 is 5.97 Å². The molecule has 3 N–H and O–H groups in total. The quantitative estimate of drug-likeness (QED) is 0.173. The Morgan fingerprint density at radius 1 is 1.00 bits per heavy atom. The zero-order valence-electron chi connectivity index (χ0n) is 35.2. The standard InChI is InChI=1S/C44H71NO10/c1-11-32-20-26(3)18-25(2)19-27(4)38-28(5)21-30(7)44(52,55-38)40(49)41(50)45-17-13-12-14-33(45)42(51)54-39(31(8)35(47)22-36(32)48)29(6)23-43(9)16-15-34(46)37(24-43)53-10/h20,23,25,27-28,30-35,37-39,46-47,52H,11-19,21-22,24H2,1-10H3/b26-20+,29-23+/t25-,27-,28-,30+,31+,32+,33?,34+,35-,37+,38+,39+,43+,44+/m0/s1. The van der Waals surface area contributed by atoms with Gasteiger partial charge in [-0.05, 0) is 107 Å². The molecule has 1 unspecified atom stereocenters. The summed E-state index contributed by atoms with van der Waals surface area (Å²) in [6, 6.07) is -1.09. The van der Waals surface area contributed by atoms with Crippen LogP contribution in [0.25, 0.3) is 0 Å². The number of carbonyl (C=O) groups excluding carboxylic acids is 4. The van der Waals surface area contributed by atoms with Gasteiger partial charge in [0.25, 0.3) is 11.7 Å². The molecule has 0 radical (unpaired) electrons. The van der Waals surface area contributed by atoms with Crippen molar-refractivity contribution < 1.29 is 48.7 Å². The predicted octanol–water partition coefficient (Wildman–Crippen LogP) is 6.11. The smallest absolute Gasteiger partial charge is 0.329 e. The average Bonchev–Trinajstić information content (AvgIpc) is 3.13. The molecule has 3 heterocycles. The van der Waals surface area contributed by atoms with Crippen molar-refractivity contribution in [1.29, 1.82) is 0 Å². The molecule has 1 aliphatic carbocycles. The van der Waals surface area contributed by atoms with Crippen LogP contribution in [-0.4, -0.2) is 99.7 Å². The molecule has 55 heavy (non-hydrogen) atoms. The van der Waals surface area contributed by atoms with Crippen molar-refractivity contribution in [3.63, 3.8) is 0 Å². The van der Waals surface area contributed by atoms with E-state index in [0.717, 1.165) is 18.4 Å². The molecule has 4 aliphatic rings. The summed E-state index contributed by atoms with van der Waals surface area (Å²) in [5, 5.41) is 34.2. The predicted molar refractivity (Wildman–Crippen MR) is 209 cm³/mol. The van der Waals surface area contributed by atoms with Crippen molar-refractivity contribution in [3.05, 3.63) is 23.3 Å². The second-order valence-corrected chi connectivity index (χ2v) is 18.4. The Balaban J connectivity index is 1.76. The highest BCUT2D eigenvalue weighted by molar-refractivity contribution is 6.39. The summed E-state index contributed by atoms with van der Waals surface area (Å²) >= 11 is 0. The highest BCUT2D eigenvalue weighted by Crippen LogP contribution is 2.43. The lowest BCUT2D eigenvalue weighted by Crippen LogP contribution is -2.62. The Kier molecular flexibility index (Phi) is 15.5. The van der Waals surface area contributed by atoms with E-state index in [-0.39, 0.29) is 54.9 Å². The van der Waals surface area contributed by atoms with Gasteiger partial charge in [0.1, 0.15) is 17.9 Å². The number of ketones is 2. The Hall–Kier alpha value is -2.44. The Bertz CT molecular complexity index is 1440. The van der Waals surface area contributed by atoms with Crippen LogP contribution in [0.5, 0.6) is 0 Å². The van der Waals surface area contributed by atoms with Crippen LogP contribution in [0.4, 0.5) is 0 Å². The number of methoxy groups -OCH3 is 1. The molecule has 3 aliphatic heterocycles. The lowest BCUT2D eigenvalue weighted by atomic mass is 9.71. The third-order valence-electron chi connectivity index (χ3n) is 13.3. The molecular formula is C44H71NO10. The summed E-state index contributed by atoms with van der Waals surface area (Å²) in [6.07, 6.45) is 6.12. The molecule has 2 bridgehead atoms. The number of allylic oxidation sites excluding steroid dienone is 3. The second-order valence-electron chi connectivity index (χ2n) is 18.4. The molecule has 1 saturated carbocycles. The molecule has 1 amide bonds. The number of amides is 1. The fourth-order valence-corrected chi connectivity index (χ4v) is 10.1. The van der Waals surface area contributed by atoms with Gasteiger partial charge in [-0.3, -0.25) is 14.4 Å². The third kappa shape index (κ3) is 10.6. The summed E-state index contributed by atoms with van der Waals surface area (Å²) in [5.74, 6) is -6.72.